The zero-order chi connectivity index (χ0) is 15.1. The normalized spacial score (nSPS) is 26.5. The lowest BCUT2D eigenvalue weighted by atomic mass is 9.78. The second-order valence-electron chi connectivity index (χ2n) is 6.33. The molecule has 0 aromatic rings. The van der Waals surface area contributed by atoms with Crippen molar-refractivity contribution in [3.63, 3.8) is 0 Å². The van der Waals surface area contributed by atoms with Crippen LogP contribution in [0.1, 0.15) is 71.1 Å². The molecule has 0 aliphatic heterocycles. The van der Waals surface area contributed by atoms with E-state index >= 15 is 0 Å². The summed E-state index contributed by atoms with van der Waals surface area (Å²) in [5.41, 5.74) is 0. The third kappa shape index (κ3) is 5.01. The lowest BCUT2D eigenvalue weighted by Crippen LogP contribution is -2.29. The van der Waals surface area contributed by atoms with Gasteiger partial charge in [0, 0.05) is 0 Å². The molecule has 0 bridgehead atoms. The molecule has 0 heterocycles. The molecule has 4 heteroatoms. The molecule has 0 spiro atoms. The Labute approximate surface area is 127 Å². The lowest BCUT2D eigenvalue weighted by Gasteiger charge is -2.31. The molecule has 2 fully saturated rings. The fourth-order valence-electron chi connectivity index (χ4n) is 3.87. The van der Waals surface area contributed by atoms with Gasteiger partial charge >= 0.3 is 11.9 Å². The number of hydrogen-bond acceptors (Lipinski definition) is 4. The first-order chi connectivity index (χ1) is 10.2. The Hall–Kier alpha value is -1.06. The van der Waals surface area contributed by atoms with E-state index in [1.165, 1.54) is 38.5 Å². The molecule has 0 saturated heterocycles. The average molecular weight is 296 g/mol. The molecule has 120 valence electrons. The summed E-state index contributed by atoms with van der Waals surface area (Å²) in [6.45, 7) is 2.13. The van der Waals surface area contributed by atoms with Crippen molar-refractivity contribution in [2.45, 2.75) is 77.2 Å². The van der Waals surface area contributed by atoms with E-state index in [0.717, 1.165) is 18.8 Å². The molecule has 0 N–H and O–H groups in total. The van der Waals surface area contributed by atoms with Gasteiger partial charge in [0.15, 0.2) is 0 Å². The molecule has 4 nitrogen and oxygen atoms in total. The highest BCUT2D eigenvalue weighted by Gasteiger charge is 2.36. The summed E-state index contributed by atoms with van der Waals surface area (Å²) in [6.07, 6.45) is 10.3. The van der Waals surface area contributed by atoms with Crippen molar-refractivity contribution in [3.8, 4) is 0 Å². The van der Waals surface area contributed by atoms with E-state index in [1.54, 1.807) is 6.92 Å². The van der Waals surface area contributed by atoms with Crippen molar-refractivity contribution in [1.82, 2.24) is 0 Å². The standard InChI is InChI=1S/C17H28O4/c1-2-20-16(18)11-12-17(19)21-15-10-6-9-14(15)13-7-4-3-5-8-13/h13-15H,2-12H2,1H3. The third-order valence-corrected chi connectivity index (χ3v) is 4.88. The Balaban J connectivity index is 1.75. The maximum Gasteiger partial charge on any atom is 0.306 e. The van der Waals surface area contributed by atoms with Crippen molar-refractivity contribution in [3.05, 3.63) is 0 Å². The van der Waals surface area contributed by atoms with Crippen LogP contribution in [0.5, 0.6) is 0 Å². The largest absolute Gasteiger partial charge is 0.466 e. The minimum Gasteiger partial charge on any atom is -0.466 e. The summed E-state index contributed by atoms with van der Waals surface area (Å²) < 4.78 is 10.5. The van der Waals surface area contributed by atoms with Gasteiger partial charge in [-0.3, -0.25) is 9.59 Å². The molecule has 2 unspecified atom stereocenters. The average Bonchev–Trinajstić information content (AvgIpc) is 2.94. The van der Waals surface area contributed by atoms with Gasteiger partial charge in [-0.1, -0.05) is 32.1 Å². The highest BCUT2D eigenvalue weighted by Crippen LogP contribution is 2.40. The van der Waals surface area contributed by atoms with Crippen LogP contribution in [0.25, 0.3) is 0 Å². The number of ether oxygens (including phenoxy) is 2. The Bertz CT molecular complexity index is 347. The summed E-state index contributed by atoms with van der Waals surface area (Å²) in [6, 6.07) is 0. The van der Waals surface area contributed by atoms with Crippen molar-refractivity contribution in [2.24, 2.45) is 11.8 Å². The first-order valence-corrected chi connectivity index (χ1v) is 8.55. The van der Waals surface area contributed by atoms with Crippen LogP contribution >= 0.6 is 0 Å². The maximum absolute atomic E-state index is 11.9. The minimum atomic E-state index is -0.315. The van der Waals surface area contributed by atoms with Gasteiger partial charge in [0.2, 0.25) is 0 Å². The van der Waals surface area contributed by atoms with Crippen molar-refractivity contribution < 1.29 is 19.1 Å². The monoisotopic (exact) mass is 296 g/mol. The first kappa shape index (κ1) is 16.3. The summed E-state index contributed by atoms with van der Waals surface area (Å²) >= 11 is 0. The molecule has 0 amide bonds. The fourth-order valence-corrected chi connectivity index (χ4v) is 3.87. The number of rotatable bonds is 6. The molecule has 2 rings (SSSR count). The zero-order valence-electron chi connectivity index (χ0n) is 13.1. The van der Waals surface area contributed by atoms with Crippen molar-refractivity contribution in [1.29, 1.82) is 0 Å². The SMILES string of the molecule is CCOC(=O)CCC(=O)OC1CCCC1C1CCCCC1. The molecule has 0 aromatic carbocycles. The van der Waals surface area contributed by atoms with Gasteiger partial charge < -0.3 is 9.47 Å². The summed E-state index contributed by atoms with van der Waals surface area (Å²) in [7, 11) is 0. The van der Waals surface area contributed by atoms with Crippen LogP contribution in [0, 0.1) is 11.8 Å². The van der Waals surface area contributed by atoms with Gasteiger partial charge in [-0.25, -0.2) is 0 Å². The Morgan fingerprint density at radius 1 is 0.905 bits per heavy atom. The highest BCUT2D eigenvalue weighted by atomic mass is 16.5. The van der Waals surface area contributed by atoms with Crippen LogP contribution in [-0.4, -0.2) is 24.6 Å². The molecule has 21 heavy (non-hydrogen) atoms. The summed E-state index contributed by atoms with van der Waals surface area (Å²) in [5.74, 6) is 0.737. The van der Waals surface area contributed by atoms with Crippen LogP contribution in [0.2, 0.25) is 0 Å². The van der Waals surface area contributed by atoms with Crippen molar-refractivity contribution >= 4 is 11.9 Å². The van der Waals surface area contributed by atoms with Gasteiger partial charge in [0.05, 0.1) is 19.4 Å². The molecule has 2 atom stereocenters. The van der Waals surface area contributed by atoms with Gasteiger partial charge in [-0.2, -0.15) is 0 Å². The van der Waals surface area contributed by atoms with E-state index in [0.29, 0.717) is 12.5 Å². The number of carbonyl (C=O) groups excluding carboxylic acids is 2. The Kier molecular flexibility index (Phi) is 6.52. The number of carbonyl (C=O) groups is 2. The van der Waals surface area contributed by atoms with Gasteiger partial charge in [0.25, 0.3) is 0 Å². The second-order valence-corrected chi connectivity index (χ2v) is 6.33. The van der Waals surface area contributed by atoms with E-state index in [2.05, 4.69) is 0 Å². The molecule has 0 aromatic heterocycles. The van der Waals surface area contributed by atoms with Crippen LogP contribution in [0.3, 0.4) is 0 Å². The van der Waals surface area contributed by atoms with Crippen LogP contribution in [0.4, 0.5) is 0 Å². The summed E-state index contributed by atoms with van der Waals surface area (Å²) in [5, 5.41) is 0. The molecular weight excluding hydrogens is 268 g/mol. The molecule has 2 aliphatic rings. The second kappa shape index (κ2) is 8.40. The highest BCUT2D eigenvalue weighted by molar-refractivity contribution is 5.77. The minimum absolute atomic E-state index is 0.0859. The van der Waals surface area contributed by atoms with Crippen LogP contribution in [0.15, 0.2) is 0 Å². The third-order valence-electron chi connectivity index (χ3n) is 4.88. The smallest absolute Gasteiger partial charge is 0.306 e. The number of esters is 2. The lowest BCUT2D eigenvalue weighted by molar-refractivity contribution is -0.155. The Morgan fingerprint density at radius 2 is 1.62 bits per heavy atom. The van der Waals surface area contributed by atoms with Crippen LogP contribution < -0.4 is 0 Å². The molecule has 2 saturated carbocycles. The number of hydrogen-bond donors (Lipinski definition) is 0. The van der Waals surface area contributed by atoms with E-state index < -0.39 is 0 Å². The van der Waals surface area contributed by atoms with Gasteiger partial charge in [-0.05, 0) is 38.0 Å². The van der Waals surface area contributed by atoms with Gasteiger partial charge in [0.1, 0.15) is 6.10 Å². The first-order valence-electron chi connectivity index (χ1n) is 8.55. The molecular formula is C17H28O4. The maximum atomic E-state index is 11.9. The van der Waals surface area contributed by atoms with E-state index in [-0.39, 0.29) is 30.9 Å². The van der Waals surface area contributed by atoms with Gasteiger partial charge in [-0.15, -0.1) is 0 Å². The summed E-state index contributed by atoms with van der Waals surface area (Å²) in [4.78, 5) is 23.2. The zero-order valence-corrected chi connectivity index (χ0v) is 13.1. The van der Waals surface area contributed by atoms with Crippen LogP contribution in [-0.2, 0) is 19.1 Å². The topological polar surface area (TPSA) is 52.6 Å². The fraction of sp³-hybridized carbons (Fsp3) is 0.882. The van der Waals surface area contributed by atoms with E-state index in [1.807, 2.05) is 0 Å². The van der Waals surface area contributed by atoms with E-state index in [4.69, 9.17) is 9.47 Å². The van der Waals surface area contributed by atoms with E-state index in [9.17, 15) is 9.59 Å². The predicted octanol–water partition coefficient (Wildman–Crippen LogP) is 3.62. The molecule has 2 aliphatic carbocycles. The Morgan fingerprint density at radius 3 is 2.33 bits per heavy atom. The predicted molar refractivity (Wildman–Crippen MR) is 79.7 cm³/mol. The molecule has 0 radical (unpaired) electrons. The van der Waals surface area contributed by atoms with Crippen molar-refractivity contribution in [2.75, 3.05) is 6.61 Å². The quantitative estimate of drug-likeness (QED) is 0.702.